The summed E-state index contributed by atoms with van der Waals surface area (Å²) >= 11 is 1.69. The van der Waals surface area contributed by atoms with E-state index in [9.17, 15) is 13.7 Å². The average molecular weight is 383 g/mol. The predicted octanol–water partition coefficient (Wildman–Crippen LogP) is 3.74. The van der Waals surface area contributed by atoms with Crippen LogP contribution in [0.1, 0.15) is 29.3 Å². The van der Waals surface area contributed by atoms with Crippen molar-refractivity contribution in [1.29, 1.82) is 5.26 Å². The van der Waals surface area contributed by atoms with Crippen LogP contribution in [0.5, 0.6) is 0 Å². The SMILES string of the molecule is N#Cc1ccccc1S(=O)(=O)N1CCC(c2nc3ccccc3s2)CC1. The van der Waals surface area contributed by atoms with Gasteiger partial charge in [-0.3, -0.25) is 0 Å². The Morgan fingerprint density at radius 1 is 1.08 bits per heavy atom. The summed E-state index contributed by atoms with van der Waals surface area (Å²) in [5.74, 6) is 0.282. The zero-order valence-electron chi connectivity index (χ0n) is 14.0. The standard InChI is InChI=1S/C19H17N3O2S2/c20-13-15-5-1-4-8-18(15)26(23,24)22-11-9-14(10-12-22)19-21-16-6-2-3-7-17(16)25-19/h1-8,14H,9-12H2. The second kappa shape index (κ2) is 6.80. The molecule has 1 aromatic heterocycles. The molecule has 26 heavy (non-hydrogen) atoms. The second-order valence-electron chi connectivity index (χ2n) is 6.31. The van der Waals surface area contributed by atoms with Gasteiger partial charge >= 0.3 is 0 Å². The van der Waals surface area contributed by atoms with Gasteiger partial charge in [-0.25, -0.2) is 13.4 Å². The van der Waals surface area contributed by atoms with Gasteiger partial charge in [-0.2, -0.15) is 9.57 Å². The van der Waals surface area contributed by atoms with Crippen molar-refractivity contribution in [2.24, 2.45) is 0 Å². The van der Waals surface area contributed by atoms with E-state index >= 15 is 0 Å². The quantitative estimate of drug-likeness (QED) is 0.691. The molecule has 7 heteroatoms. The molecule has 5 nitrogen and oxygen atoms in total. The van der Waals surface area contributed by atoms with Crippen LogP contribution >= 0.6 is 11.3 Å². The number of sulfonamides is 1. The van der Waals surface area contributed by atoms with Crippen LogP contribution < -0.4 is 0 Å². The van der Waals surface area contributed by atoms with Gasteiger partial charge in [0.05, 0.1) is 25.7 Å². The highest BCUT2D eigenvalue weighted by molar-refractivity contribution is 7.89. The number of thiazole rings is 1. The number of rotatable bonds is 3. The van der Waals surface area contributed by atoms with Crippen molar-refractivity contribution in [3.63, 3.8) is 0 Å². The molecule has 1 aliphatic heterocycles. The predicted molar refractivity (Wildman–Crippen MR) is 102 cm³/mol. The first-order valence-electron chi connectivity index (χ1n) is 8.44. The number of para-hydroxylation sites is 1. The number of aromatic nitrogens is 1. The van der Waals surface area contributed by atoms with Gasteiger partial charge in [-0.15, -0.1) is 11.3 Å². The van der Waals surface area contributed by atoms with Gasteiger partial charge in [-0.1, -0.05) is 24.3 Å². The van der Waals surface area contributed by atoms with Gasteiger partial charge in [0.2, 0.25) is 10.0 Å². The lowest BCUT2D eigenvalue weighted by molar-refractivity contribution is 0.319. The molecule has 2 aromatic carbocycles. The molecule has 0 bridgehead atoms. The van der Waals surface area contributed by atoms with E-state index in [1.54, 1.807) is 29.5 Å². The number of hydrogen-bond donors (Lipinski definition) is 0. The molecule has 0 N–H and O–H groups in total. The third kappa shape index (κ3) is 3.01. The number of piperidine rings is 1. The second-order valence-corrected chi connectivity index (χ2v) is 9.27. The molecular formula is C19H17N3O2S2. The van der Waals surface area contributed by atoms with Gasteiger partial charge in [-0.05, 0) is 37.1 Å². The Morgan fingerprint density at radius 2 is 1.77 bits per heavy atom. The maximum Gasteiger partial charge on any atom is 0.244 e. The molecule has 1 saturated heterocycles. The van der Waals surface area contributed by atoms with E-state index in [-0.39, 0.29) is 16.4 Å². The number of nitriles is 1. The summed E-state index contributed by atoms with van der Waals surface area (Å²) in [5.41, 5.74) is 1.20. The van der Waals surface area contributed by atoms with Crippen molar-refractivity contribution in [2.45, 2.75) is 23.7 Å². The van der Waals surface area contributed by atoms with Crippen molar-refractivity contribution in [2.75, 3.05) is 13.1 Å². The third-order valence-corrected chi connectivity index (χ3v) is 7.89. The molecular weight excluding hydrogens is 366 g/mol. The van der Waals surface area contributed by atoms with Crippen molar-refractivity contribution >= 4 is 31.6 Å². The number of hydrogen-bond acceptors (Lipinski definition) is 5. The van der Waals surface area contributed by atoms with Gasteiger partial charge < -0.3 is 0 Å². The summed E-state index contributed by atoms with van der Waals surface area (Å²) < 4.78 is 28.5. The zero-order valence-corrected chi connectivity index (χ0v) is 15.6. The highest BCUT2D eigenvalue weighted by Gasteiger charge is 2.32. The molecule has 0 unspecified atom stereocenters. The summed E-state index contributed by atoms with van der Waals surface area (Å²) in [7, 11) is -3.64. The highest BCUT2D eigenvalue weighted by Crippen LogP contribution is 2.35. The summed E-state index contributed by atoms with van der Waals surface area (Å²) in [6.45, 7) is 0.894. The lowest BCUT2D eigenvalue weighted by atomic mass is 9.99. The van der Waals surface area contributed by atoms with Crippen LogP contribution in [0.2, 0.25) is 0 Å². The monoisotopic (exact) mass is 383 g/mol. The molecule has 4 rings (SSSR count). The van der Waals surface area contributed by atoms with Gasteiger partial charge in [0.1, 0.15) is 6.07 Å². The molecule has 1 fully saturated rings. The topological polar surface area (TPSA) is 74.1 Å². The summed E-state index contributed by atoms with van der Waals surface area (Å²) in [6, 6.07) is 16.4. The van der Waals surface area contributed by atoms with E-state index in [0.717, 1.165) is 23.4 Å². The van der Waals surface area contributed by atoms with Crippen molar-refractivity contribution < 1.29 is 8.42 Å². The minimum atomic E-state index is -3.64. The molecule has 0 spiro atoms. The fraction of sp³-hybridized carbons (Fsp3) is 0.263. The maximum atomic E-state index is 12.9. The first-order valence-corrected chi connectivity index (χ1v) is 10.7. The van der Waals surface area contributed by atoms with Crippen LogP contribution in [0.15, 0.2) is 53.4 Å². The van der Waals surface area contributed by atoms with Crippen molar-refractivity contribution in [3.05, 3.63) is 59.1 Å². The van der Waals surface area contributed by atoms with Gasteiger partial charge in [0.15, 0.2) is 0 Å². The first-order chi connectivity index (χ1) is 12.6. The molecule has 2 heterocycles. The lowest BCUT2D eigenvalue weighted by Gasteiger charge is -2.30. The van der Waals surface area contributed by atoms with E-state index in [4.69, 9.17) is 4.98 Å². The maximum absolute atomic E-state index is 12.9. The summed E-state index contributed by atoms with van der Waals surface area (Å²) in [5, 5.41) is 10.3. The molecule has 3 aromatic rings. The molecule has 0 saturated carbocycles. The Kier molecular flexibility index (Phi) is 4.49. The minimum absolute atomic E-state index is 0.0981. The van der Waals surface area contributed by atoms with Crippen molar-refractivity contribution in [1.82, 2.24) is 9.29 Å². The average Bonchev–Trinajstić information content (AvgIpc) is 3.12. The van der Waals surface area contributed by atoms with Crippen LogP contribution in [0, 0.1) is 11.3 Å². The highest BCUT2D eigenvalue weighted by atomic mass is 32.2. The Hall–Kier alpha value is -2.27. The molecule has 0 atom stereocenters. The smallest absolute Gasteiger partial charge is 0.241 e. The number of nitrogens with zero attached hydrogens (tertiary/aromatic N) is 3. The number of fused-ring (bicyclic) bond motifs is 1. The zero-order chi connectivity index (χ0) is 18.1. The Bertz CT molecular complexity index is 1060. The summed E-state index contributed by atoms with van der Waals surface area (Å²) in [6.07, 6.45) is 1.49. The van der Waals surface area contributed by atoms with E-state index in [1.807, 2.05) is 24.3 Å². The van der Waals surface area contributed by atoms with Crippen LogP contribution in [0.3, 0.4) is 0 Å². The fourth-order valence-electron chi connectivity index (χ4n) is 3.33. The minimum Gasteiger partial charge on any atom is -0.241 e. The van der Waals surface area contributed by atoms with Crippen LogP contribution in [-0.2, 0) is 10.0 Å². The van der Waals surface area contributed by atoms with Gasteiger partial charge in [0.25, 0.3) is 0 Å². The largest absolute Gasteiger partial charge is 0.244 e. The molecule has 0 aliphatic carbocycles. The Morgan fingerprint density at radius 3 is 2.50 bits per heavy atom. The molecule has 0 radical (unpaired) electrons. The van der Waals surface area contributed by atoms with E-state index in [0.29, 0.717) is 13.1 Å². The fourth-order valence-corrected chi connectivity index (χ4v) is 6.08. The Balaban J connectivity index is 1.53. The van der Waals surface area contributed by atoms with Crippen molar-refractivity contribution in [3.8, 4) is 6.07 Å². The normalized spacial score (nSPS) is 16.6. The van der Waals surface area contributed by atoms with E-state index in [1.165, 1.54) is 15.1 Å². The van der Waals surface area contributed by atoms with E-state index < -0.39 is 10.0 Å². The lowest BCUT2D eigenvalue weighted by Crippen LogP contribution is -2.38. The number of benzene rings is 2. The molecule has 1 aliphatic rings. The molecule has 132 valence electrons. The van der Waals surface area contributed by atoms with Gasteiger partial charge in [0, 0.05) is 19.0 Å². The first kappa shape index (κ1) is 17.2. The van der Waals surface area contributed by atoms with Crippen LogP contribution in [0.25, 0.3) is 10.2 Å². The summed E-state index contributed by atoms with van der Waals surface area (Å²) in [4.78, 5) is 4.81. The van der Waals surface area contributed by atoms with Crippen LogP contribution in [-0.4, -0.2) is 30.8 Å². The van der Waals surface area contributed by atoms with Crippen LogP contribution in [0.4, 0.5) is 0 Å². The third-order valence-electron chi connectivity index (χ3n) is 4.74. The Labute approximate surface area is 156 Å². The van der Waals surface area contributed by atoms with E-state index in [2.05, 4.69) is 6.07 Å². The molecule has 0 amide bonds.